The molecule has 0 amide bonds. The van der Waals surface area contributed by atoms with Crippen molar-refractivity contribution in [1.82, 2.24) is 9.80 Å². The zero-order chi connectivity index (χ0) is 13.1. The van der Waals surface area contributed by atoms with Crippen LogP contribution in [0.4, 0.5) is 0 Å². The highest BCUT2D eigenvalue weighted by Crippen LogP contribution is 1.94. The molecule has 0 fully saturated rings. The molecule has 0 saturated carbocycles. The third-order valence-electron chi connectivity index (χ3n) is 2.56. The van der Waals surface area contributed by atoms with E-state index in [2.05, 4.69) is 4.90 Å². The Hall–Kier alpha value is -0.240. The first-order chi connectivity index (χ1) is 8.13. The van der Waals surface area contributed by atoms with Gasteiger partial charge < -0.3 is 21.7 Å². The first-order valence-corrected chi connectivity index (χ1v) is 6.27. The van der Waals surface area contributed by atoms with Crippen LogP contribution in [0.2, 0.25) is 0 Å². The SMILES string of the molecule is CC(O)CN(CCO)CCN(CCN)CCN. The summed E-state index contributed by atoms with van der Waals surface area (Å²) in [6, 6.07) is 0. The molecule has 0 radical (unpaired) electrons. The summed E-state index contributed by atoms with van der Waals surface area (Å²) in [5.74, 6) is 0. The molecule has 6 N–H and O–H groups in total. The van der Waals surface area contributed by atoms with Crippen molar-refractivity contribution in [3.05, 3.63) is 0 Å². The number of hydrogen-bond acceptors (Lipinski definition) is 6. The van der Waals surface area contributed by atoms with E-state index in [9.17, 15) is 5.11 Å². The largest absolute Gasteiger partial charge is 0.395 e. The molecular formula is C11H28N4O2. The predicted octanol–water partition coefficient (Wildman–Crippen LogP) is -2.12. The number of rotatable bonds is 11. The minimum atomic E-state index is -0.376. The highest BCUT2D eigenvalue weighted by molar-refractivity contribution is 4.66. The third kappa shape index (κ3) is 9.46. The minimum Gasteiger partial charge on any atom is -0.395 e. The standard InChI is InChI=1S/C11H28N4O2/c1-11(17)10-15(8-9-16)7-6-14(4-2-12)5-3-13/h11,16-17H,2-10,12-13H2,1H3. The fraction of sp³-hybridized carbons (Fsp3) is 1.00. The van der Waals surface area contributed by atoms with Gasteiger partial charge in [-0.05, 0) is 6.92 Å². The molecule has 0 saturated heterocycles. The van der Waals surface area contributed by atoms with Gasteiger partial charge in [-0.2, -0.15) is 0 Å². The topological polar surface area (TPSA) is 99.0 Å². The molecule has 0 bridgehead atoms. The van der Waals surface area contributed by atoms with Crippen molar-refractivity contribution in [3.8, 4) is 0 Å². The maximum Gasteiger partial charge on any atom is 0.0639 e. The second kappa shape index (κ2) is 10.9. The predicted molar refractivity (Wildman–Crippen MR) is 69.8 cm³/mol. The summed E-state index contributed by atoms with van der Waals surface area (Å²) in [4.78, 5) is 4.25. The van der Waals surface area contributed by atoms with Crippen LogP contribution in [0.1, 0.15) is 6.92 Å². The first kappa shape index (κ1) is 16.8. The molecule has 104 valence electrons. The Balaban J connectivity index is 3.96. The summed E-state index contributed by atoms with van der Waals surface area (Å²) < 4.78 is 0. The Kier molecular flexibility index (Phi) is 10.7. The van der Waals surface area contributed by atoms with Crippen molar-refractivity contribution in [2.24, 2.45) is 11.5 Å². The van der Waals surface area contributed by atoms with Crippen LogP contribution < -0.4 is 11.5 Å². The van der Waals surface area contributed by atoms with E-state index in [-0.39, 0.29) is 12.7 Å². The van der Waals surface area contributed by atoms with Gasteiger partial charge in [-0.3, -0.25) is 9.80 Å². The fourth-order valence-corrected chi connectivity index (χ4v) is 1.79. The molecule has 0 heterocycles. The zero-order valence-electron chi connectivity index (χ0n) is 10.9. The van der Waals surface area contributed by atoms with Crippen LogP contribution in [0.3, 0.4) is 0 Å². The second-order valence-corrected chi connectivity index (χ2v) is 4.29. The van der Waals surface area contributed by atoms with E-state index in [1.807, 2.05) is 4.90 Å². The van der Waals surface area contributed by atoms with Crippen molar-refractivity contribution < 1.29 is 10.2 Å². The Morgan fingerprint density at radius 1 is 0.941 bits per heavy atom. The van der Waals surface area contributed by atoms with Crippen molar-refractivity contribution in [2.45, 2.75) is 13.0 Å². The van der Waals surface area contributed by atoms with Gasteiger partial charge in [0.15, 0.2) is 0 Å². The number of aliphatic hydroxyl groups is 2. The lowest BCUT2D eigenvalue weighted by Crippen LogP contribution is -2.42. The van der Waals surface area contributed by atoms with E-state index in [0.717, 1.165) is 26.2 Å². The molecule has 0 aromatic rings. The maximum absolute atomic E-state index is 9.34. The van der Waals surface area contributed by atoms with E-state index in [1.54, 1.807) is 6.92 Å². The number of nitrogens with zero attached hydrogens (tertiary/aromatic N) is 2. The van der Waals surface area contributed by atoms with Crippen LogP contribution in [0.15, 0.2) is 0 Å². The summed E-state index contributed by atoms with van der Waals surface area (Å²) in [5.41, 5.74) is 11.1. The monoisotopic (exact) mass is 248 g/mol. The summed E-state index contributed by atoms with van der Waals surface area (Å²) in [5, 5.41) is 18.3. The fourth-order valence-electron chi connectivity index (χ4n) is 1.79. The summed E-state index contributed by atoms with van der Waals surface area (Å²) in [7, 11) is 0. The summed E-state index contributed by atoms with van der Waals surface area (Å²) in [6.07, 6.45) is -0.376. The lowest BCUT2D eigenvalue weighted by atomic mass is 10.3. The molecule has 0 aliphatic rings. The number of aliphatic hydroxyl groups excluding tert-OH is 2. The highest BCUT2D eigenvalue weighted by Gasteiger charge is 2.10. The number of hydrogen-bond donors (Lipinski definition) is 4. The Bertz CT molecular complexity index is 164. The second-order valence-electron chi connectivity index (χ2n) is 4.29. The molecule has 17 heavy (non-hydrogen) atoms. The van der Waals surface area contributed by atoms with Crippen molar-refractivity contribution in [1.29, 1.82) is 0 Å². The molecule has 0 spiro atoms. The van der Waals surface area contributed by atoms with E-state index in [0.29, 0.717) is 26.2 Å². The van der Waals surface area contributed by atoms with Gasteiger partial charge in [-0.15, -0.1) is 0 Å². The molecule has 0 rings (SSSR count). The Labute approximate surface area is 104 Å². The number of nitrogens with two attached hydrogens (primary N) is 2. The van der Waals surface area contributed by atoms with E-state index < -0.39 is 0 Å². The van der Waals surface area contributed by atoms with Crippen LogP contribution in [0.25, 0.3) is 0 Å². The average molecular weight is 248 g/mol. The molecule has 6 heteroatoms. The molecular weight excluding hydrogens is 220 g/mol. The lowest BCUT2D eigenvalue weighted by molar-refractivity contribution is 0.102. The molecule has 0 aromatic heterocycles. The average Bonchev–Trinajstić information content (AvgIpc) is 2.26. The van der Waals surface area contributed by atoms with Gasteiger partial charge >= 0.3 is 0 Å². The van der Waals surface area contributed by atoms with Gasteiger partial charge in [-0.25, -0.2) is 0 Å². The van der Waals surface area contributed by atoms with Gasteiger partial charge in [0.2, 0.25) is 0 Å². The van der Waals surface area contributed by atoms with Gasteiger partial charge in [0.25, 0.3) is 0 Å². The molecule has 6 nitrogen and oxygen atoms in total. The maximum atomic E-state index is 9.34. The van der Waals surface area contributed by atoms with E-state index >= 15 is 0 Å². The molecule has 0 aliphatic carbocycles. The quantitative estimate of drug-likeness (QED) is 0.334. The van der Waals surface area contributed by atoms with Crippen molar-refractivity contribution in [2.75, 3.05) is 59.0 Å². The van der Waals surface area contributed by atoms with Crippen LogP contribution in [-0.2, 0) is 0 Å². The molecule has 0 aromatic carbocycles. The zero-order valence-corrected chi connectivity index (χ0v) is 10.9. The molecule has 1 atom stereocenters. The van der Waals surface area contributed by atoms with Gasteiger partial charge in [0, 0.05) is 52.4 Å². The lowest BCUT2D eigenvalue weighted by Gasteiger charge is -2.27. The normalized spacial score (nSPS) is 13.6. The molecule has 0 aliphatic heterocycles. The van der Waals surface area contributed by atoms with E-state index in [4.69, 9.17) is 16.6 Å². The van der Waals surface area contributed by atoms with Gasteiger partial charge in [-0.1, -0.05) is 0 Å². The van der Waals surface area contributed by atoms with Crippen LogP contribution in [-0.4, -0.2) is 85.1 Å². The van der Waals surface area contributed by atoms with Crippen molar-refractivity contribution in [3.63, 3.8) is 0 Å². The molecule has 1 unspecified atom stereocenters. The van der Waals surface area contributed by atoms with Gasteiger partial charge in [0.1, 0.15) is 0 Å². The van der Waals surface area contributed by atoms with Gasteiger partial charge in [0.05, 0.1) is 12.7 Å². The Morgan fingerprint density at radius 3 is 1.88 bits per heavy atom. The van der Waals surface area contributed by atoms with E-state index in [1.165, 1.54) is 0 Å². The smallest absolute Gasteiger partial charge is 0.0639 e. The van der Waals surface area contributed by atoms with Crippen LogP contribution >= 0.6 is 0 Å². The third-order valence-corrected chi connectivity index (χ3v) is 2.56. The van der Waals surface area contributed by atoms with Crippen molar-refractivity contribution >= 4 is 0 Å². The first-order valence-electron chi connectivity index (χ1n) is 6.27. The van der Waals surface area contributed by atoms with Crippen LogP contribution in [0.5, 0.6) is 0 Å². The van der Waals surface area contributed by atoms with Crippen LogP contribution in [0, 0.1) is 0 Å². The minimum absolute atomic E-state index is 0.112. The highest BCUT2D eigenvalue weighted by atomic mass is 16.3. The summed E-state index contributed by atoms with van der Waals surface area (Å²) >= 11 is 0. The Morgan fingerprint density at radius 2 is 1.47 bits per heavy atom. The summed E-state index contributed by atoms with van der Waals surface area (Å²) in [6.45, 7) is 7.61.